The summed E-state index contributed by atoms with van der Waals surface area (Å²) in [5, 5.41) is 0. The van der Waals surface area contributed by atoms with Crippen molar-refractivity contribution in [2.24, 2.45) is 0 Å². The molecule has 10 heteroatoms. The van der Waals surface area contributed by atoms with Gasteiger partial charge < -0.3 is 19.3 Å². The van der Waals surface area contributed by atoms with Gasteiger partial charge in [0.2, 0.25) is 10.0 Å². The molecule has 0 radical (unpaired) electrons. The van der Waals surface area contributed by atoms with Gasteiger partial charge in [-0.25, -0.2) is 12.8 Å². The van der Waals surface area contributed by atoms with Gasteiger partial charge >= 0.3 is 0 Å². The lowest BCUT2D eigenvalue weighted by Gasteiger charge is -2.34. The van der Waals surface area contributed by atoms with E-state index in [0.717, 1.165) is 10.6 Å². The molecule has 1 aliphatic heterocycles. The molecule has 8 nitrogen and oxygen atoms in total. The second-order valence-electron chi connectivity index (χ2n) is 7.68. The zero-order chi connectivity index (χ0) is 23.5. The van der Waals surface area contributed by atoms with Crippen LogP contribution in [-0.4, -0.2) is 77.8 Å². The predicted molar refractivity (Wildman–Crippen MR) is 120 cm³/mol. The SMILES string of the molecule is COc1cc(C(=O)N2CCN(C)CC2)c(N(Cc2ccccc2F)S(C)(=O)=O)cc1OC. The molecule has 0 aliphatic carbocycles. The maximum Gasteiger partial charge on any atom is 0.256 e. The van der Waals surface area contributed by atoms with E-state index in [1.807, 2.05) is 7.05 Å². The fraction of sp³-hybridized carbons (Fsp3) is 0.409. The van der Waals surface area contributed by atoms with Crippen LogP contribution in [0.15, 0.2) is 36.4 Å². The molecule has 174 valence electrons. The van der Waals surface area contributed by atoms with Crippen LogP contribution in [0, 0.1) is 5.82 Å². The van der Waals surface area contributed by atoms with E-state index in [4.69, 9.17) is 9.47 Å². The van der Waals surface area contributed by atoms with Gasteiger partial charge in [-0.2, -0.15) is 0 Å². The summed E-state index contributed by atoms with van der Waals surface area (Å²) < 4.78 is 51.7. The molecule has 0 saturated carbocycles. The Balaban J connectivity index is 2.14. The second kappa shape index (κ2) is 9.74. The molecule has 0 unspecified atom stereocenters. The number of hydrogen-bond acceptors (Lipinski definition) is 6. The minimum Gasteiger partial charge on any atom is -0.493 e. The molecule has 0 spiro atoms. The van der Waals surface area contributed by atoms with Crippen LogP contribution < -0.4 is 13.8 Å². The average molecular weight is 466 g/mol. The van der Waals surface area contributed by atoms with Crippen molar-refractivity contribution in [2.45, 2.75) is 6.54 Å². The van der Waals surface area contributed by atoms with Crippen molar-refractivity contribution in [2.75, 3.05) is 58.0 Å². The average Bonchev–Trinajstić information content (AvgIpc) is 2.77. The van der Waals surface area contributed by atoms with Crippen LogP contribution in [0.25, 0.3) is 0 Å². The Morgan fingerprint density at radius 2 is 1.66 bits per heavy atom. The third-order valence-electron chi connectivity index (χ3n) is 5.46. The van der Waals surface area contributed by atoms with E-state index in [1.54, 1.807) is 11.0 Å². The zero-order valence-corrected chi connectivity index (χ0v) is 19.5. The van der Waals surface area contributed by atoms with E-state index < -0.39 is 15.8 Å². The first-order valence-corrected chi connectivity index (χ1v) is 12.0. The number of sulfonamides is 1. The number of amides is 1. The third-order valence-corrected chi connectivity index (χ3v) is 6.59. The number of likely N-dealkylation sites (N-methyl/N-ethyl adjacent to an activating group) is 1. The van der Waals surface area contributed by atoms with Crippen LogP contribution in [-0.2, 0) is 16.6 Å². The lowest BCUT2D eigenvalue weighted by molar-refractivity contribution is 0.0664. The van der Waals surface area contributed by atoms with Crippen molar-refractivity contribution in [3.63, 3.8) is 0 Å². The van der Waals surface area contributed by atoms with Gasteiger partial charge in [-0.1, -0.05) is 18.2 Å². The topological polar surface area (TPSA) is 79.4 Å². The summed E-state index contributed by atoms with van der Waals surface area (Å²) in [7, 11) is 0.956. The molecule has 0 N–H and O–H groups in total. The number of benzene rings is 2. The number of piperazine rings is 1. The van der Waals surface area contributed by atoms with E-state index in [0.29, 0.717) is 31.9 Å². The van der Waals surface area contributed by atoms with Crippen LogP contribution in [0.5, 0.6) is 11.5 Å². The van der Waals surface area contributed by atoms with E-state index in [-0.39, 0.29) is 35.0 Å². The number of anilines is 1. The first-order valence-electron chi connectivity index (χ1n) is 10.1. The van der Waals surface area contributed by atoms with Gasteiger partial charge in [-0.05, 0) is 19.2 Å². The fourth-order valence-corrected chi connectivity index (χ4v) is 4.47. The van der Waals surface area contributed by atoms with Gasteiger partial charge in [0.15, 0.2) is 11.5 Å². The maximum absolute atomic E-state index is 14.4. The van der Waals surface area contributed by atoms with Gasteiger partial charge in [-0.3, -0.25) is 9.10 Å². The van der Waals surface area contributed by atoms with Crippen molar-refractivity contribution in [1.82, 2.24) is 9.80 Å². The van der Waals surface area contributed by atoms with E-state index in [9.17, 15) is 17.6 Å². The van der Waals surface area contributed by atoms with Crippen LogP contribution in [0.3, 0.4) is 0 Å². The molecule has 1 aliphatic rings. The zero-order valence-electron chi connectivity index (χ0n) is 18.7. The number of carbonyl (C=O) groups excluding carboxylic acids is 1. The summed E-state index contributed by atoms with van der Waals surface area (Å²) in [6, 6.07) is 8.86. The molecule has 2 aromatic rings. The Kier molecular flexibility index (Phi) is 7.25. The van der Waals surface area contributed by atoms with Crippen molar-refractivity contribution >= 4 is 21.6 Å². The highest BCUT2D eigenvalue weighted by Gasteiger charge is 2.30. The lowest BCUT2D eigenvalue weighted by atomic mass is 10.1. The first-order chi connectivity index (χ1) is 15.2. The van der Waals surface area contributed by atoms with Crippen LogP contribution >= 0.6 is 0 Å². The Labute approximate surface area is 188 Å². The number of carbonyl (C=O) groups is 1. The molecule has 3 rings (SSSR count). The summed E-state index contributed by atoms with van der Waals surface area (Å²) >= 11 is 0. The number of methoxy groups -OCH3 is 2. The summed E-state index contributed by atoms with van der Waals surface area (Å²) in [5.74, 6) is -0.294. The highest BCUT2D eigenvalue weighted by molar-refractivity contribution is 7.92. The van der Waals surface area contributed by atoms with Gasteiger partial charge in [0.1, 0.15) is 5.82 Å². The Hall–Kier alpha value is -2.85. The first kappa shape index (κ1) is 23.8. The van der Waals surface area contributed by atoms with Gasteiger partial charge in [0.25, 0.3) is 5.91 Å². The summed E-state index contributed by atoms with van der Waals surface area (Å²) in [5.41, 5.74) is 0.442. The summed E-state index contributed by atoms with van der Waals surface area (Å²) in [4.78, 5) is 17.2. The van der Waals surface area contributed by atoms with E-state index in [2.05, 4.69) is 4.90 Å². The molecule has 0 atom stereocenters. The quantitative estimate of drug-likeness (QED) is 0.624. The number of rotatable bonds is 7. The number of nitrogens with zero attached hydrogens (tertiary/aromatic N) is 3. The number of halogens is 1. The monoisotopic (exact) mass is 465 g/mol. The van der Waals surface area contributed by atoms with Crippen LogP contribution in [0.4, 0.5) is 10.1 Å². The molecule has 0 bridgehead atoms. The summed E-state index contributed by atoms with van der Waals surface area (Å²) in [6.07, 6.45) is 1.02. The highest BCUT2D eigenvalue weighted by atomic mass is 32.2. The summed E-state index contributed by atoms with van der Waals surface area (Å²) in [6.45, 7) is 2.16. The van der Waals surface area contributed by atoms with Crippen LogP contribution in [0.2, 0.25) is 0 Å². The molecule has 1 fully saturated rings. The lowest BCUT2D eigenvalue weighted by Crippen LogP contribution is -2.47. The molecule has 2 aromatic carbocycles. The van der Waals surface area contributed by atoms with Crippen molar-refractivity contribution in [1.29, 1.82) is 0 Å². The number of hydrogen-bond donors (Lipinski definition) is 0. The Morgan fingerprint density at radius 1 is 1.06 bits per heavy atom. The largest absolute Gasteiger partial charge is 0.493 e. The predicted octanol–water partition coefficient (Wildman–Crippen LogP) is 2.20. The van der Waals surface area contributed by atoms with Crippen LogP contribution in [0.1, 0.15) is 15.9 Å². The Morgan fingerprint density at radius 3 is 2.22 bits per heavy atom. The minimum absolute atomic E-state index is 0.109. The fourth-order valence-electron chi connectivity index (χ4n) is 3.59. The molecule has 1 heterocycles. The molecule has 32 heavy (non-hydrogen) atoms. The minimum atomic E-state index is -3.88. The highest BCUT2D eigenvalue weighted by Crippen LogP contribution is 2.37. The second-order valence-corrected chi connectivity index (χ2v) is 9.59. The molecule has 0 aromatic heterocycles. The van der Waals surface area contributed by atoms with Crippen molar-refractivity contribution in [3.8, 4) is 11.5 Å². The van der Waals surface area contributed by atoms with Crippen molar-refractivity contribution in [3.05, 3.63) is 53.3 Å². The van der Waals surface area contributed by atoms with Crippen molar-refractivity contribution < 1.29 is 27.1 Å². The van der Waals surface area contributed by atoms with Gasteiger partial charge in [0, 0.05) is 37.8 Å². The molecular weight excluding hydrogens is 437 g/mol. The number of ether oxygens (including phenoxy) is 2. The molecular formula is C22H28FN3O5S. The Bertz CT molecular complexity index is 1080. The molecule has 1 amide bonds. The van der Waals surface area contributed by atoms with E-state index >= 15 is 0 Å². The normalized spacial score (nSPS) is 14.8. The maximum atomic E-state index is 14.4. The van der Waals surface area contributed by atoms with Gasteiger partial charge in [0.05, 0.1) is 38.3 Å². The smallest absolute Gasteiger partial charge is 0.256 e. The standard InChI is InChI=1S/C22H28FN3O5S/c1-24-9-11-25(12-10-24)22(27)17-13-20(30-2)21(31-3)14-19(17)26(32(4,28)29)15-16-7-5-6-8-18(16)23/h5-8,13-14H,9-12,15H2,1-4H3. The van der Waals surface area contributed by atoms with Gasteiger partial charge in [-0.15, -0.1) is 0 Å². The molecule has 1 saturated heterocycles. The third kappa shape index (κ3) is 5.13. The van der Waals surface area contributed by atoms with E-state index in [1.165, 1.54) is 44.6 Å².